The van der Waals surface area contributed by atoms with E-state index in [1.807, 2.05) is 23.2 Å². The Morgan fingerprint density at radius 2 is 1.82 bits per heavy atom. The smallest absolute Gasteiger partial charge is 0.223 e. The van der Waals surface area contributed by atoms with Crippen molar-refractivity contribution < 1.29 is 4.79 Å². The second-order valence-corrected chi connectivity index (χ2v) is 8.98. The van der Waals surface area contributed by atoms with Gasteiger partial charge in [0.2, 0.25) is 5.91 Å². The first-order valence-corrected chi connectivity index (χ1v) is 12.2. The summed E-state index contributed by atoms with van der Waals surface area (Å²) < 4.78 is 0. The minimum Gasteiger partial charge on any atom is -0.357 e. The average molecular weight is 577 g/mol. The Morgan fingerprint density at radius 1 is 1.12 bits per heavy atom. The van der Waals surface area contributed by atoms with E-state index in [1.54, 1.807) is 0 Å². The molecule has 0 atom stereocenters. The number of pyridine rings is 1. The summed E-state index contributed by atoms with van der Waals surface area (Å²) in [6.07, 6.45) is 5.34. The lowest BCUT2D eigenvalue weighted by molar-refractivity contribution is -0.131. The monoisotopic (exact) mass is 576 g/mol. The minimum absolute atomic E-state index is 0. The quantitative estimate of drug-likeness (QED) is 0.227. The number of carbonyl (C=O) groups is 1. The predicted molar refractivity (Wildman–Crippen MR) is 149 cm³/mol. The van der Waals surface area contributed by atoms with Gasteiger partial charge in [-0.1, -0.05) is 30.3 Å². The van der Waals surface area contributed by atoms with Crippen molar-refractivity contribution in [2.24, 2.45) is 4.99 Å². The molecule has 0 radical (unpaired) electrons. The van der Waals surface area contributed by atoms with Crippen molar-refractivity contribution in [2.45, 2.75) is 58.7 Å². The van der Waals surface area contributed by atoms with Crippen molar-refractivity contribution in [3.8, 4) is 0 Å². The highest BCUT2D eigenvalue weighted by atomic mass is 127. The van der Waals surface area contributed by atoms with Crippen LogP contribution in [0.3, 0.4) is 0 Å². The Balaban J connectivity index is 0.00000324. The molecule has 4 rings (SSSR count). The maximum Gasteiger partial charge on any atom is 0.223 e. The maximum atomic E-state index is 12.6. The first kappa shape index (κ1) is 26.2. The number of hydrogen-bond acceptors (Lipinski definition) is 4. The summed E-state index contributed by atoms with van der Waals surface area (Å²) in [5.74, 6) is 2.13. The van der Waals surface area contributed by atoms with Crippen LogP contribution in [0.5, 0.6) is 0 Å². The normalized spacial score (nSPS) is 16.1. The minimum atomic E-state index is 0. The largest absolute Gasteiger partial charge is 0.357 e. The van der Waals surface area contributed by atoms with E-state index in [4.69, 9.17) is 4.99 Å². The zero-order valence-corrected chi connectivity index (χ0v) is 22.6. The number of carbonyl (C=O) groups excluding carboxylic acids is 1. The molecular formula is C26H37IN6O. The van der Waals surface area contributed by atoms with Crippen LogP contribution in [0, 0.1) is 6.92 Å². The molecule has 0 unspecified atom stereocenters. The zero-order valence-electron chi connectivity index (χ0n) is 20.3. The fraction of sp³-hybridized carbons (Fsp3) is 0.500. The average Bonchev–Trinajstić information content (AvgIpc) is 3.27. The summed E-state index contributed by atoms with van der Waals surface area (Å²) in [6.45, 7) is 9.06. The number of halogens is 1. The number of benzene rings is 1. The zero-order chi connectivity index (χ0) is 23.0. The van der Waals surface area contributed by atoms with E-state index in [1.165, 1.54) is 16.7 Å². The molecule has 1 amide bonds. The number of nitrogens with one attached hydrogen (secondary N) is 2. The van der Waals surface area contributed by atoms with Gasteiger partial charge in [0, 0.05) is 57.9 Å². The van der Waals surface area contributed by atoms with Gasteiger partial charge in [0.05, 0.1) is 0 Å². The van der Waals surface area contributed by atoms with E-state index in [-0.39, 0.29) is 29.9 Å². The SMILES string of the molecule is CCNC(=NCCCC(=O)N1Cc2ccccc2C1)NC1CCN(c2ccc(C)cn2)CC1.I. The first-order chi connectivity index (χ1) is 16.1. The molecule has 1 aromatic heterocycles. The van der Waals surface area contributed by atoms with Gasteiger partial charge < -0.3 is 20.4 Å². The molecule has 0 aliphatic carbocycles. The molecule has 1 fully saturated rings. The molecule has 34 heavy (non-hydrogen) atoms. The van der Waals surface area contributed by atoms with Crippen LogP contribution >= 0.6 is 24.0 Å². The number of anilines is 1. The number of aliphatic imine (C=N–C) groups is 1. The lowest BCUT2D eigenvalue weighted by Crippen LogP contribution is -2.49. The summed E-state index contributed by atoms with van der Waals surface area (Å²) in [5.41, 5.74) is 3.73. The summed E-state index contributed by atoms with van der Waals surface area (Å²) in [7, 11) is 0. The van der Waals surface area contributed by atoms with Gasteiger partial charge >= 0.3 is 0 Å². The van der Waals surface area contributed by atoms with Crippen LogP contribution in [0.4, 0.5) is 5.82 Å². The van der Waals surface area contributed by atoms with Crippen LogP contribution in [0.25, 0.3) is 0 Å². The maximum absolute atomic E-state index is 12.6. The molecule has 2 aromatic rings. The van der Waals surface area contributed by atoms with Gasteiger partial charge in [0.25, 0.3) is 0 Å². The third kappa shape index (κ3) is 7.07. The van der Waals surface area contributed by atoms with Crippen LogP contribution < -0.4 is 15.5 Å². The second-order valence-electron chi connectivity index (χ2n) is 8.98. The van der Waals surface area contributed by atoms with E-state index in [0.717, 1.165) is 63.8 Å². The Hall–Kier alpha value is -2.36. The van der Waals surface area contributed by atoms with Crippen LogP contribution in [0.2, 0.25) is 0 Å². The van der Waals surface area contributed by atoms with E-state index in [0.29, 0.717) is 19.0 Å². The molecule has 3 heterocycles. The number of aryl methyl sites for hydroxylation is 1. The molecule has 1 saturated heterocycles. The van der Waals surface area contributed by atoms with Crippen molar-refractivity contribution in [1.82, 2.24) is 20.5 Å². The molecule has 7 nitrogen and oxygen atoms in total. The molecule has 0 saturated carbocycles. The summed E-state index contributed by atoms with van der Waals surface area (Å²) in [5, 5.41) is 6.94. The van der Waals surface area contributed by atoms with Crippen molar-refractivity contribution in [3.63, 3.8) is 0 Å². The first-order valence-electron chi connectivity index (χ1n) is 12.2. The molecule has 2 N–H and O–H groups in total. The Labute approximate surface area is 220 Å². The molecule has 2 aliphatic heterocycles. The highest BCUT2D eigenvalue weighted by molar-refractivity contribution is 14.0. The van der Waals surface area contributed by atoms with E-state index >= 15 is 0 Å². The molecule has 8 heteroatoms. The number of aromatic nitrogens is 1. The van der Waals surface area contributed by atoms with Crippen molar-refractivity contribution in [2.75, 3.05) is 31.1 Å². The van der Waals surface area contributed by atoms with E-state index < -0.39 is 0 Å². The number of piperidine rings is 1. The number of rotatable bonds is 7. The standard InChI is InChI=1S/C26H36N6O.HI/c1-3-27-26(30-23-12-15-31(16-13-23)24-11-10-20(2)17-29-24)28-14-6-9-25(33)32-18-21-7-4-5-8-22(21)19-32;/h4-5,7-8,10-11,17,23H,3,6,9,12-16,18-19H2,1-2H3,(H2,27,28,30);1H. The third-order valence-electron chi connectivity index (χ3n) is 6.41. The van der Waals surface area contributed by atoms with Gasteiger partial charge in [-0.3, -0.25) is 9.79 Å². The van der Waals surface area contributed by atoms with Crippen LogP contribution in [-0.4, -0.2) is 54.0 Å². The molecule has 0 bridgehead atoms. The van der Waals surface area contributed by atoms with Crippen LogP contribution in [0.15, 0.2) is 47.6 Å². The second kappa shape index (κ2) is 12.9. The fourth-order valence-corrected chi connectivity index (χ4v) is 4.50. The lowest BCUT2D eigenvalue weighted by Gasteiger charge is -2.33. The van der Waals surface area contributed by atoms with Gasteiger partial charge in [-0.15, -0.1) is 24.0 Å². The van der Waals surface area contributed by atoms with Gasteiger partial charge in [-0.2, -0.15) is 0 Å². The lowest BCUT2D eigenvalue weighted by atomic mass is 10.1. The highest BCUT2D eigenvalue weighted by Gasteiger charge is 2.23. The van der Waals surface area contributed by atoms with E-state index in [9.17, 15) is 4.79 Å². The molecular weight excluding hydrogens is 539 g/mol. The van der Waals surface area contributed by atoms with E-state index in [2.05, 4.69) is 58.6 Å². The summed E-state index contributed by atoms with van der Waals surface area (Å²) in [6, 6.07) is 12.9. The Kier molecular flexibility index (Phi) is 9.98. The number of nitrogens with zero attached hydrogens (tertiary/aromatic N) is 4. The van der Waals surface area contributed by atoms with Crippen molar-refractivity contribution >= 4 is 41.7 Å². The third-order valence-corrected chi connectivity index (χ3v) is 6.41. The van der Waals surface area contributed by atoms with Crippen LogP contribution in [-0.2, 0) is 17.9 Å². The molecule has 184 valence electrons. The Bertz CT molecular complexity index is 931. The highest BCUT2D eigenvalue weighted by Crippen LogP contribution is 2.23. The number of guanidine groups is 1. The van der Waals surface area contributed by atoms with Gasteiger partial charge in [0.15, 0.2) is 5.96 Å². The molecule has 0 spiro atoms. The topological polar surface area (TPSA) is 72.9 Å². The van der Waals surface area contributed by atoms with Gasteiger partial charge in [-0.25, -0.2) is 4.98 Å². The molecule has 2 aliphatic rings. The summed E-state index contributed by atoms with van der Waals surface area (Å²) >= 11 is 0. The number of fused-ring (bicyclic) bond motifs is 1. The number of amides is 1. The van der Waals surface area contributed by atoms with Crippen molar-refractivity contribution in [1.29, 1.82) is 0 Å². The number of hydrogen-bond donors (Lipinski definition) is 2. The van der Waals surface area contributed by atoms with Crippen LogP contribution in [0.1, 0.15) is 49.3 Å². The van der Waals surface area contributed by atoms with Gasteiger partial charge in [-0.05, 0) is 55.9 Å². The fourth-order valence-electron chi connectivity index (χ4n) is 4.50. The van der Waals surface area contributed by atoms with Crippen molar-refractivity contribution in [3.05, 3.63) is 59.3 Å². The predicted octanol–water partition coefficient (Wildman–Crippen LogP) is 3.85. The van der Waals surface area contributed by atoms with Gasteiger partial charge in [0.1, 0.15) is 5.82 Å². The molecule has 1 aromatic carbocycles. The summed E-state index contributed by atoms with van der Waals surface area (Å²) in [4.78, 5) is 26.2. The Morgan fingerprint density at radius 3 is 2.44 bits per heavy atom.